The molecule has 0 saturated carbocycles. The van der Waals surface area contributed by atoms with Gasteiger partial charge in [0.1, 0.15) is 4.88 Å². The predicted octanol–water partition coefficient (Wildman–Crippen LogP) is 5.68. The maximum Gasteiger partial charge on any atom is 0.288 e. The van der Waals surface area contributed by atoms with Crippen molar-refractivity contribution in [3.8, 4) is 9.75 Å². The molecule has 21 heavy (non-hydrogen) atoms. The summed E-state index contributed by atoms with van der Waals surface area (Å²) in [5.41, 5.74) is 1.45. The van der Waals surface area contributed by atoms with Crippen LogP contribution in [0, 0.1) is 10.1 Å². The van der Waals surface area contributed by atoms with E-state index in [4.69, 9.17) is 0 Å². The Balaban J connectivity index is 1.84. The first-order valence-electron chi connectivity index (χ1n) is 6.22. The van der Waals surface area contributed by atoms with Crippen LogP contribution in [0.2, 0.25) is 0 Å². The van der Waals surface area contributed by atoms with E-state index in [-0.39, 0.29) is 10.6 Å². The maximum atomic E-state index is 11.1. The molecule has 0 aliphatic rings. The van der Waals surface area contributed by atoms with Gasteiger partial charge in [0, 0.05) is 16.7 Å². The van der Waals surface area contributed by atoms with E-state index < -0.39 is 0 Å². The lowest BCUT2D eigenvalue weighted by Crippen LogP contribution is -1.87. The summed E-state index contributed by atoms with van der Waals surface area (Å²) in [4.78, 5) is 13.6. The van der Waals surface area contributed by atoms with Gasteiger partial charge >= 0.3 is 0 Å². The average Bonchev–Trinajstić information content (AvgIpc) is 3.14. The fraction of sp³-hybridized carbons (Fsp3) is 0.0667. The first-order valence-corrected chi connectivity index (χ1v) is 8.96. The number of thioether (sulfide) groups is 1. The summed E-state index contributed by atoms with van der Waals surface area (Å²) >= 11 is 4.71. The first-order chi connectivity index (χ1) is 10.3. The van der Waals surface area contributed by atoms with Gasteiger partial charge in [-0.15, -0.1) is 34.4 Å². The van der Waals surface area contributed by atoms with Gasteiger partial charge in [0.2, 0.25) is 0 Å². The molecule has 0 fully saturated rings. The molecule has 1 aromatic carbocycles. The Labute approximate surface area is 134 Å². The van der Waals surface area contributed by atoms with Crippen LogP contribution in [0.5, 0.6) is 0 Å². The van der Waals surface area contributed by atoms with Crippen LogP contribution in [0.15, 0.2) is 58.1 Å². The van der Waals surface area contributed by atoms with E-state index in [0.29, 0.717) is 0 Å². The Morgan fingerprint density at radius 2 is 1.71 bits per heavy atom. The van der Waals surface area contributed by atoms with Crippen LogP contribution in [-0.4, -0.2) is 4.92 Å². The molecule has 2 aromatic heterocycles. The molecule has 3 nitrogen and oxygen atoms in total. The minimum absolute atomic E-state index is 0.198. The van der Waals surface area contributed by atoms with E-state index in [0.717, 1.165) is 20.4 Å². The van der Waals surface area contributed by atoms with Crippen LogP contribution in [-0.2, 0) is 5.75 Å². The van der Waals surface area contributed by atoms with Gasteiger partial charge in [0.05, 0.1) is 9.80 Å². The molecule has 0 aliphatic heterocycles. The number of nitro groups is 1. The zero-order valence-electron chi connectivity index (χ0n) is 10.9. The van der Waals surface area contributed by atoms with Crippen LogP contribution in [0.4, 0.5) is 5.69 Å². The molecule has 0 unspecified atom stereocenters. The van der Waals surface area contributed by atoms with Gasteiger partial charge in [0.15, 0.2) is 0 Å². The number of hydrogen-bond acceptors (Lipinski definition) is 5. The molecular formula is C15H11NO2S3. The molecule has 2 heterocycles. The van der Waals surface area contributed by atoms with Crippen molar-refractivity contribution in [3.05, 3.63) is 68.9 Å². The molecule has 0 spiro atoms. The Morgan fingerprint density at radius 1 is 1.00 bits per heavy atom. The highest BCUT2D eigenvalue weighted by atomic mass is 32.2. The Hall–Kier alpha value is -1.63. The molecule has 0 atom stereocenters. The van der Waals surface area contributed by atoms with Gasteiger partial charge < -0.3 is 0 Å². The summed E-state index contributed by atoms with van der Waals surface area (Å²) in [5, 5.41) is 14.8. The first kappa shape index (κ1) is 14.3. The highest BCUT2D eigenvalue weighted by Crippen LogP contribution is 2.44. The summed E-state index contributed by atoms with van der Waals surface area (Å²) < 4.78 is 0. The van der Waals surface area contributed by atoms with E-state index in [1.54, 1.807) is 34.5 Å². The minimum Gasteiger partial charge on any atom is -0.258 e. The molecule has 3 rings (SSSR count). The third-order valence-corrected chi connectivity index (χ3v) is 6.15. The molecule has 0 N–H and O–H groups in total. The fourth-order valence-electron chi connectivity index (χ4n) is 1.93. The Kier molecular flexibility index (Phi) is 4.38. The van der Waals surface area contributed by atoms with Crippen molar-refractivity contribution in [2.45, 2.75) is 10.6 Å². The smallest absolute Gasteiger partial charge is 0.258 e. The van der Waals surface area contributed by atoms with Crippen LogP contribution in [0.25, 0.3) is 9.75 Å². The molecule has 0 saturated heterocycles. The second kappa shape index (κ2) is 6.43. The SMILES string of the molecule is O=[N+]([O-])c1ccsc1-c1sccc1SCc1ccccc1. The zero-order chi connectivity index (χ0) is 14.7. The number of benzene rings is 1. The standard InChI is InChI=1S/C15H11NO2S3/c17-16(18)12-6-8-19-14(12)15-13(7-9-20-15)21-10-11-4-2-1-3-5-11/h1-9H,10H2. The van der Waals surface area contributed by atoms with Crippen molar-refractivity contribution in [1.29, 1.82) is 0 Å². The van der Waals surface area contributed by atoms with Gasteiger partial charge in [-0.2, -0.15) is 0 Å². The lowest BCUT2D eigenvalue weighted by molar-refractivity contribution is -0.383. The van der Waals surface area contributed by atoms with E-state index >= 15 is 0 Å². The molecule has 0 aliphatic carbocycles. The van der Waals surface area contributed by atoms with Crippen molar-refractivity contribution in [2.75, 3.05) is 0 Å². The van der Waals surface area contributed by atoms with Gasteiger partial charge in [-0.05, 0) is 22.4 Å². The fourth-order valence-corrected chi connectivity index (χ4v) is 5.15. The van der Waals surface area contributed by atoms with Crippen molar-refractivity contribution < 1.29 is 4.92 Å². The molecule has 3 aromatic rings. The van der Waals surface area contributed by atoms with Crippen LogP contribution in [0.3, 0.4) is 0 Å². The largest absolute Gasteiger partial charge is 0.288 e. The van der Waals surface area contributed by atoms with Crippen LogP contribution in [0.1, 0.15) is 5.56 Å². The third kappa shape index (κ3) is 3.18. The van der Waals surface area contributed by atoms with Crippen molar-refractivity contribution in [1.82, 2.24) is 0 Å². The number of thiophene rings is 2. The molecule has 0 bridgehead atoms. The number of hydrogen-bond donors (Lipinski definition) is 0. The monoisotopic (exact) mass is 333 g/mol. The molecular weight excluding hydrogens is 322 g/mol. The maximum absolute atomic E-state index is 11.1. The summed E-state index contributed by atoms with van der Waals surface area (Å²) in [6.45, 7) is 0. The van der Waals surface area contributed by atoms with E-state index in [9.17, 15) is 10.1 Å². The van der Waals surface area contributed by atoms with E-state index in [1.807, 2.05) is 29.6 Å². The van der Waals surface area contributed by atoms with Gasteiger partial charge in [-0.1, -0.05) is 30.3 Å². The van der Waals surface area contributed by atoms with Crippen LogP contribution < -0.4 is 0 Å². The van der Waals surface area contributed by atoms with Crippen molar-refractivity contribution >= 4 is 40.1 Å². The minimum atomic E-state index is -0.308. The lowest BCUT2D eigenvalue weighted by Gasteiger charge is -2.02. The second-order valence-electron chi connectivity index (χ2n) is 4.28. The van der Waals surface area contributed by atoms with E-state index in [2.05, 4.69) is 12.1 Å². The van der Waals surface area contributed by atoms with Gasteiger partial charge in [0.25, 0.3) is 5.69 Å². The highest BCUT2D eigenvalue weighted by molar-refractivity contribution is 7.98. The third-order valence-electron chi connectivity index (χ3n) is 2.91. The quantitative estimate of drug-likeness (QED) is 0.343. The molecule has 0 radical (unpaired) electrons. The molecule has 106 valence electrons. The van der Waals surface area contributed by atoms with Crippen molar-refractivity contribution in [2.24, 2.45) is 0 Å². The molecule has 6 heteroatoms. The second-order valence-corrected chi connectivity index (χ2v) is 7.13. The lowest BCUT2D eigenvalue weighted by atomic mass is 10.2. The summed E-state index contributed by atoms with van der Waals surface area (Å²) in [5.74, 6) is 0.865. The predicted molar refractivity (Wildman–Crippen MR) is 90.3 cm³/mol. The Morgan fingerprint density at radius 3 is 2.48 bits per heavy atom. The van der Waals surface area contributed by atoms with Gasteiger partial charge in [-0.3, -0.25) is 10.1 Å². The summed E-state index contributed by atoms with van der Waals surface area (Å²) in [6.07, 6.45) is 0. The normalized spacial score (nSPS) is 10.7. The number of nitrogens with zero attached hydrogens (tertiary/aromatic N) is 1. The highest BCUT2D eigenvalue weighted by Gasteiger charge is 2.20. The molecule has 0 amide bonds. The van der Waals surface area contributed by atoms with Gasteiger partial charge in [-0.25, -0.2) is 0 Å². The summed E-state index contributed by atoms with van der Waals surface area (Å²) in [6, 6.07) is 13.8. The van der Waals surface area contributed by atoms with Crippen molar-refractivity contribution in [3.63, 3.8) is 0 Å². The number of rotatable bonds is 5. The topological polar surface area (TPSA) is 43.1 Å². The van der Waals surface area contributed by atoms with Crippen LogP contribution >= 0.6 is 34.4 Å². The summed E-state index contributed by atoms with van der Waals surface area (Å²) in [7, 11) is 0. The van der Waals surface area contributed by atoms with E-state index in [1.165, 1.54) is 16.9 Å². The zero-order valence-corrected chi connectivity index (χ0v) is 13.3. The Bertz CT molecular complexity index is 749. The average molecular weight is 333 g/mol.